The highest BCUT2D eigenvalue weighted by atomic mass is 32.3. The summed E-state index contributed by atoms with van der Waals surface area (Å²) in [4.78, 5) is 0. The van der Waals surface area contributed by atoms with Crippen molar-refractivity contribution in [2.45, 2.75) is 64.2 Å². The molecule has 2 aromatic rings. The van der Waals surface area contributed by atoms with Crippen LogP contribution in [0.2, 0.25) is 0 Å². The quantitative estimate of drug-likeness (QED) is 0.763. The van der Waals surface area contributed by atoms with E-state index in [-0.39, 0.29) is 0 Å². The zero-order chi connectivity index (χ0) is 15.1. The zero-order valence-electron chi connectivity index (χ0n) is 13.8. The fourth-order valence-corrected chi connectivity index (χ4v) is 8.83. The molecular formula is C17H28N2S. The first-order chi connectivity index (χ1) is 9.33. The minimum Gasteiger partial charge on any atom is -0.225 e. The van der Waals surface area contributed by atoms with Crippen LogP contribution in [-0.2, 0) is 0 Å². The van der Waals surface area contributed by atoms with E-state index in [9.17, 15) is 0 Å². The molecule has 0 radical (unpaired) electrons. The van der Waals surface area contributed by atoms with Crippen LogP contribution in [0.4, 0.5) is 0 Å². The molecular weight excluding hydrogens is 264 g/mol. The van der Waals surface area contributed by atoms with E-state index < -0.39 is 10.2 Å². The number of hydrogen-bond acceptors (Lipinski definition) is 1. The van der Waals surface area contributed by atoms with Gasteiger partial charge in [0.1, 0.15) is 0 Å². The molecule has 2 nitrogen and oxygen atoms in total. The number of hydrogen-bond donors (Lipinski definition) is 0. The van der Waals surface area contributed by atoms with Crippen LogP contribution >= 0.6 is 10.2 Å². The van der Waals surface area contributed by atoms with Crippen LogP contribution in [0.5, 0.6) is 0 Å². The van der Waals surface area contributed by atoms with Crippen LogP contribution in [0.25, 0.3) is 10.9 Å². The van der Waals surface area contributed by atoms with Gasteiger partial charge in [-0.3, -0.25) is 0 Å². The summed E-state index contributed by atoms with van der Waals surface area (Å²) in [7, 11) is -1.02. The Morgan fingerprint density at radius 3 is 2.00 bits per heavy atom. The molecule has 0 spiro atoms. The summed E-state index contributed by atoms with van der Waals surface area (Å²) in [6.45, 7) is 16.3. The van der Waals surface area contributed by atoms with Gasteiger partial charge in [-0.1, -0.05) is 53.7 Å². The zero-order valence-corrected chi connectivity index (χ0v) is 14.7. The van der Waals surface area contributed by atoms with Crippen LogP contribution in [0.1, 0.15) is 47.1 Å². The summed E-state index contributed by atoms with van der Waals surface area (Å²) < 4.78 is 2.38. The van der Waals surface area contributed by atoms with Gasteiger partial charge in [0.25, 0.3) is 0 Å². The molecule has 0 N–H and O–H groups in total. The van der Waals surface area contributed by atoms with E-state index in [1.165, 1.54) is 16.5 Å². The van der Waals surface area contributed by atoms with Crippen molar-refractivity contribution in [3.8, 4) is 0 Å². The number of aryl methyl sites for hydroxylation is 1. The maximum atomic E-state index is 4.85. The lowest BCUT2D eigenvalue weighted by atomic mass is 10.2. The minimum atomic E-state index is -1.02. The first-order valence-corrected chi connectivity index (χ1v) is 9.35. The Labute approximate surface area is 125 Å². The van der Waals surface area contributed by atoms with E-state index in [0.29, 0.717) is 15.7 Å². The molecule has 0 saturated heterocycles. The van der Waals surface area contributed by atoms with Crippen molar-refractivity contribution >= 4 is 21.1 Å². The van der Waals surface area contributed by atoms with Crippen molar-refractivity contribution in [1.82, 2.24) is 9.19 Å². The molecule has 0 atom stereocenters. The van der Waals surface area contributed by atoms with E-state index in [4.69, 9.17) is 5.10 Å². The molecule has 0 aliphatic rings. The molecule has 0 fully saturated rings. The maximum absolute atomic E-state index is 4.85. The normalized spacial score (nSPS) is 13.9. The van der Waals surface area contributed by atoms with Crippen molar-refractivity contribution in [1.29, 1.82) is 0 Å². The minimum absolute atomic E-state index is 0.617. The molecule has 1 aromatic carbocycles. The summed E-state index contributed by atoms with van der Waals surface area (Å²) in [6.07, 6.45) is 2.06. The summed E-state index contributed by atoms with van der Waals surface area (Å²) in [6, 6.07) is 6.55. The third-order valence-electron chi connectivity index (χ3n) is 4.36. The molecule has 0 unspecified atom stereocenters. The second-order valence-corrected chi connectivity index (χ2v) is 11.0. The fraction of sp³-hybridized carbons (Fsp3) is 0.588. The SMILES string of the molecule is Cc1cccc2c1cnn2S(C(C)C)(C(C)C)C(C)C. The highest BCUT2D eigenvalue weighted by Gasteiger charge is 2.38. The lowest BCUT2D eigenvalue weighted by Crippen LogP contribution is -2.34. The number of nitrogens with zero attached hydrogens (tertiary/aromatic N) is 2. The van der Waals surface area contributed by atoms with Gasteiger partial charge in [0.2, 0.25) is 0 Å². The van der Waals surface area contributed by atoms with E-state index in [0.717, 1.165) is 0 Å². The molecule has 3 heteroatoms. The molecule has 1 aromatic heterocycles. The van der Waals surface area contributed by atoms with Crippen LogP contribution in [0.15, 0.2) is 24.4 Å². The Morgan fingerprint density at radius 2 is 1.50 bits per heavy atom. The first-order valence-electron chi connectivity index (χ1n) is 7.57. The molecule has 0 aliphatic heterocycles. The summed E-state index contributed by atoms with van der Waals surface area (Å²) in [5.74, 6) is 0. The first kappa shape index (κ1) is 15.4. The van der Waals surface area contributed by atoms with Crippen molar-refractivity contribution in [3.63, 3.8) is 0 Å². The summed E-state index contributed by atoms with van der Waals surface area (Å²) in [5, 5.41) is 7.99. The van der Waals surface area contributed by atoms with Crippen LogP contribution < -0.4 is 0 Å². The van der Waals surface area contributed by atoms with Crippen molar-refractivity contribution in [2.24, 2.45) is 0 Å². The monoisotopic (exact) mass is 292 g/mol. The molecule has 0 saturated carbocycles. The lowest BCUT2D eigenvalue weighted by molar-refractivity contribution is 0.870. The van der Waals surface area contributed by atoms with Gasteiger partial charge in [0, 0.05) is 21.1 Å². The maximum Gasteiger partial charge on any atom is 0.0796 e. The van der Waals surface area contributed by atoms with E-state index >= 15 is 0 Å². The van der Waals surface area contributed by atoms with Gasteiger partial charge in [-0.2, -0.15) is 5.10 Å². The predicted octanol–water partition coefficient (Wildman–Crippen LogP) is 5.14. The topological polar surface area (TPSA) is 17.8 Å². The second-order valence-electron chi connectivity index (χ2n) is 6.40. The van der Waals surface area contributed by atoms with Crippen molar-refractivity contribution in [3.05, 3.63) is 30.0 Å². The summed E-state index contributed by atoms with van der Waals surface area (Å²) >= 11 is 0. The Kier molecular flexibility index (Phi) is 4.19. The molecule has 1 heterocycles. The van der Waals surface area contributed by atoms with Gasteiger partial charge < -0.3 is 0 Å². The predicted molar refractivity (Wildman–Crippen MR) is 92.9 cm³/mol. The molecule has 2 rings (SSSR count). The van der Waals surface area contributed by atoms with Crippen LogP contribution in [0.3, 0.4) is 0 Å². The lowest BCUT2D eigenvalue weighted by Gasteiger charge is -2.51. The molecule has 20 heavy (non-hydrogen) atoms. The number of aromatic nitrogens is 2. The average Bonchev–Trinajstić information content (AvgIpc) is 2.74. The van der Waals surface area contributed by atoms with Gasteiger partial charge in [-0.15, -0.1) is 10.2 Å². The highest BCUT2D eigenvalue weighted by molar-refractivity contribution is 8.33. The standard InChI is InChI=1S/C17H28N2S/c1-12(2)20(13(3)4,14(5)6)19-17-10-8-9-15(7)16(17)11-18-19/h8-14H,1-7H3. The average molecular weight is 292 g/mol. The highest BCUT2D eigenvalue weighted by Crippen LogP contribution is 2.61. The van der Waals surface area contributed by atoms with Crippen LogP contribution in [0, 0.1) is 6.92 Å². The van der Waals surface area contributed by atoms with E-state index in [2.05, 4.69) is 76.9 Å². The van der Waals surface area contributed by atoms with Crippen LogP contribution in [-0.4, -0.2) is 24.9 Å². The number of benzene rings is 1. The third kappa shape index (κ3) is 2.07. The number of rotatable bonds is 4. The Bertz CT molecular complexity index is 574. The number of fused-ring (bicyclic) bond motifs is 1. The Hall–Kier alpha value is -0.960. The Morgan fingerprint density at radius 1 is 0.950 bits per heavy atom. The molecule has 0 bridgehead atoms. The summed E-state index contributed by atoms with van der Waals surface area (Å²) in [5.41, 5.74) is 2.62. The Balaban J connectivity index is 2.79. The molecule has 0 amide bonds. The fourth-order valence-electron chi connectivity index (χ4n) is 3.66. The van der Waals surface area contributed by atoms with Gasteiger partial charge in [0.05, 0.1) is 11.7 Å². The van der Waals surface area contributed by atoms with Gasteiger partial charge in [-0.05, 0) is 18.6 Å². The van der Waals surface area contributed by atoms with Gasteiger partial charge >= 0.3 is 0 Å². The third-order valence-corrected chi connectivity index (χ3v) is 9.78. The van der Waals surface area contributed by atoms with Crippen molar-refractivity contribution < 1.29 is 0 Å². The molecule has 0 aliphatic carbocycles. The van der Waals surface area contributed by atoms with E-state index in [1.54, 1.807) is 0 Å². The van der Waals surface area contributed by atoms with Gasteiger partial charge in [-0.25, -0.2) is 4.09 Å². The molecule has 112 valence electrons. The van der Waals surface area contributed by atoms with Gasteiger partial charge in [0.15, 0.2) is 0 Å². The largest absolute Gasteiger partial charge is 0.225 e. The van der Waals surface area contributed by atoms with E-state index in [1.807, 2.05) is 0 Å². The smallest absolute Gasteiger partial charge is 0.0796 e. The second kappa shape index (κ2) is 5.44. The van der Waals surface area contributed by atoms with Crippen molar-refractivity contribution in [2.75, 3.05) is 0 Å².